The Morgan fingerprint density at radius 1 is 1.12 bits per heavy atom. The monoisotopic (exact) mass is 531 g/mol. The maximum Gasteiger partial charge on any atom is 0.244 e. The zero-order valence-electron chi connectivity index (χ0n) is 19.2. The van der Waals surface area contributed by atoms with Crippen LogP contribution in [0.1, 0.15) is 32.3 Å². The molecule has 34 heavy (non-hydrogen) atoms. The topological polar surface area (TPSA) is 86.8 Å². The van der Waals surface area contributed by atoms with Crippen LogP contribution in [0.4, 0.5) is 10.1 Å². The summed E-state index contributed by atoms with van der Waals surface area (Å²) in [5.41, 5.74) is 0.334. The molecule has 0 aliphatic rings. The lowest BCUT2D eigenvalue weighted by molar-refractivity contribution is -0.139. The van der Waals surface area contributed by atoms with E-state index in [9.17, 15) is 22.4 Å². The average molecular weight is 532 g/mol. The molecular formula is C23H28Cl2FN3O4S. The van der Waals surface area contributed by atoms with Crippen molar-refractivity contribution in [2.75, 3.05) is 23.7 Å². The number of amides is 2. The fraction of sp³-hybridized carbons (Fsp3) is 0.391. The largest absolute Gasteiger partial charge is 0.354 e. The van der Waals surface area contributed by atoms with Crippen LogP contribution in [0.15, 0.2) is 42.5 Å². The van der Waals surface area contributed by atoms with E-state index < -0.39 is 40.2 Å². The number of anilines is 1. The number of carbonyl (C=O) groups excluding carboxylic acids is 2. The van der Waals surface area contributed by atoms with Crippen molar-refractivity contribution in [3.8, 4) is 0 Å². The second-order valence-corrected chi connectivity index (χ2v) is 10.5. The molecule has 1 atom stereocenters. The van der Waals surface area contributed by atoms with Gasteiger partial charge in [-0.1, -0.05) is 54.7 Å². The summed E-state index contributed by atoms with van der Waals surface area (Å²) in [6.45, 7) is 3.10. The zero-order valence-corrected chi connectivity index (χ0v) is 21.6. The molecule has 0 radical (unpaired) electrons. The van der Waals surface area contributed by atoms with Gasteiger partial charge in [0.2, 0.25) is 21.8 Å². The number of sulfonamides is 1. The van der Waals surface area contributed by atoms with Gasteiger partial charge in [0.25, 0.3) is 0 Å². The van der Waals surface area contributed by atoms with Gasteiger partial charge in [-0.3, -0.25) is 13.9 Å². The molecule has 1 unspecified atom stereocenters. The van der Waals surface area contributed by atoms with Crippen molar-refractivity contribution in [1.29, 1.82) is 0 Å². The third-order valence-electron chi connectivity index (χ3n) is 5.17. The van der Waals surface area contributed by atoms with Crippen LogP contribution in [-0.2, 0) is 26.2 Å². The van der Waals surface area contributed by atoms with E-state index in [1.807, 2.05) is 6.92 Å². The van der Waals surface area contributed by atoms with Crippen LogP contribution in [-0.4, -0.2) is 50.5 Å². The zero-order chi connectivity index (χ0) is 25.5. The molecule has 0 aliphatic carbocycles. The van der Waals surface area contributed by atoms with Gasteiger partial charge in [0.05, 0.1) is 22.0 Å². The van der Waals surface area contributed by atoms with E-state index in [1.165, 1.54) is 43.3 Å². The Hall–Kier alpha value is -2.36. The highest BCUT2D eigenvalue weighted by atomic mass is 35.5. The van der Waals surface area contributed by atoms with Gasteiger partial charge in [0, 0.05) is 18.7 Å². The Bertz CT molecular complexity index is 1130. The third kappa shape index (κ3) is 7.58. The normalized spacial score (nSPS) is 12.2. The van der Waals surface area contributed by atoms with Gasteiger partial charge in [-0.25, -0.2) is 12.8 Å². The van der Waals surface area contributed by atoms with E-state index in [4.69, 9.17) is 23.2 Å². The van der Waals surface area contributed by atoms with Crippen LogP contribution >= 0.6 is 23.2 Å². The summed E-state index contributed by atoms with van der Waals surface area (Å²) < 4.78 is 40.3. The lowest BCUT2D eigenvalue weighted by atomic mass is 10.1. The van der Waals surface area contributed by atoms with Crippen molar-refractivity contribution < 1.29 is 22.4 Å². The van der Waals surface area contributed by atoms with Crippen LogP contribution in [0, 0.1) is 5.82 Å². The molecule has 7 nitrogen and oxygen atoms in total. The second kappa shape index (κ2) is 12.4. The molecule has 0 heterocycles. The molecule has 0 saturated heterocycles. The number of nitrogens with zero attached hydrogens (tertiary/aromatic N) is 2. The fourth-order valence-electron chi connectivity index (χ4n) is 3.18. The van der Waals surface area contributed by atoms with E-state index in [-0.39, 0.29) is 27.8 Å². The van der Waals surface area contributed by atoms with Gasteiger partial charge in [-0.05, 0) is 37.6 Å². The van der Waals surface area contributed by atoms with Crippen molar-refractivity contribution in [1.82, 2.24) is 10.2 Å². The minimum absolute atomic E-state index is 0.118. The third-order valence-corrected chi connectivity index (χ3v) is 7.05. The lowest BCUT2D eigenvalue weighted by Crippen LogP contribution is -2.51. The van der Waals surface area contributed by atoms with Crippen LogP contribution in [0.3, 0.4) is 0 Å². The van der Waals surface area contributed by atoms with Gasteiger partial charge >= 0.3 is 0 Å². The SMILES string of the molecule is CCCCNC(=O)C(C)N(Cc1ccccc1F)C(=O)CN(c1ccc(Cl)c(Cl)c1)S(C)(=O)=O. The van der Waals surface area contributed by atoms with Crippen LogP contribution in [0.2, 0.25) is 10.0 Å². The highest BCUT2D eigenvalue weighted by Crippen LogP contribution is 2.28. The van der Waals surface area contributed by atoms with E-state index in [1.54, 1.807) is 6.07 Å². The van der Waals surface area contributed by atoms with Gasteiger partial charge in [-0.2, -0.15) is 0 Å². The molecule has 11 heteroatoms. The number of carbonyl (C=O) groups is 2. The predicted molar refractivity (Wildman–Crippen MR) is 133 cm³/mol. The molecule has 2 rings (SSSR count). The smallest absolute Gasteiger partial charge is 0.244 e. The maximum atomic E-state index is 14.4. The summed E-state index contributed by atoms with van der Waals surface area (Å²) in [5, 5.41) is 3.10. The first-order chi connectivity index (χ1) is 16.0. The summed E-state index contributed by atoms with van der Waals surface area (Å²) >= 11 is 12.0. The first-order valence-corrected chi connectivity index (χ1v) is 13.3. The number of hydrogen-bond donors (Lipinski definition) is 1. The van der Waals surface area contributed by atoms with Crippen molar-refractivity contribution in [3.05, 3.63) is 63.9 Å². The van der Waals surface area contributed by atoms with E-state index in [0.29, 0.717) is 6.54 Å². The number of benzene rings is 2. The Labute approximate surface area is 209 Å². The lowest BCUT2D eigenvalue weighted by Gasteiger charge is -2.31. The molecule has 186 valence electrons. The molecule has 0 aliphatic heterocycles. The molecule has 0 spiro atoms. The van der Waals surface area contributed by atoms with Gasteiger partial charge < -0.3 is 10.2 Å². The van der Waals surface area contributed by atoms with Crippen molar-refractivity contribution >= 4 is 50.7 Å². The number of nitrogens with one attached hydrogen (secondary N) is 1. The summed E-state index contributed by atoms with van der Waals surface area (Å²) in [4.78, 5) is 27.2. The van der Waals surface area contributed by atoms with Crippen LogP contribution in [0.5, 0.6) is 0 Å². The summed E-state index contributed by atoms with van der Waals surface area (Å²) in [7, 11) is -3.91. The molecule has 2 aromatic carbocycles. The molecular weight excluding hydrogens is 504 g/mol. The standard InChI is InChI=1S/C23H28Cl2FN3O4S/c1-4-5-12-27-23(31)16(2)28(14-17-8-6-7-9-21(17)26)22(30)15-29(34(3,32)33)18-10-11-19(24)20(25)13-18/h6-11,13,16H,4-5,12,14-15H2,1-3H3,(H,27,31). The predicted octanol–water partition coefficient (Wildman–Crippen LogP) is 4.23. The molecule has 0 fully saturated rings. The molecule has 1 N–H and O–H groups in total. The number of hydrogen-bond acceptors (Lipinski definition) is 4. The van der Waals surface area contributed by atoms with Crippen molar-refractivity contribution in [2.24, 2.45) is 0 Å². The average Bonchev–Trinajstić information content (AvgIpc) is 2.77. The summed E-state index contributed by atoms with van der Waals surface area (Å²) in [5.74, 6) is -1.64. The maximum absolute atomic E-state index is 14.4. The fourth-order valence-corrected chi connectivity index (χ4v) is 4.32. The van der Waals surface area contributed by atoms with E-state index >= 15 is 0 Å². The van der Waals surface area contributed by atoms with Crippen molar-refractivity contribution in [3.63, 3.8) is 0 Å². The quantitative estimate of drug-likeness (QED) is 0.439. The van der Waals surface area contributed by atoms with E-state index in [0.717, 1.165) is 28.3 Å². The van der Waals surface area contributed by atoms with Crippen LogP contribution < -0.4 is 9.62 Å². The molecule has 0 saturated carbocycles. The number of halogens is 3. The first-order valence-electron chi connectivity index (χ1n) is 10.7. The van der Waals surface area contributed by atoms with Crippen LogP contribution in [0.25, 0.3) is 0 Å². The molecule has 2 aromatic rings. The Kier molecular flexibility index (Phi) is 10.1. The number of rotatable bonds is 11. The minimum atomic E-state index is -3.91. The summed E-state index contributed by atoms with van der Waals surface area (Å²) in [6.07, 6.45) is 2.59. The Balaban J connectivity index is 2.38. The summed E-state index contributed by atoms with van der Waals surface area (Å²) in [6, 6.07) is 9.09. The Morgan fingerprint density at radius 2 is 1.79 bits per heavy atom. The van der Waals surface area contributed by atoms with Gasteiger partial charge in [0.15, 0.2) is 0 Å². The molecule has 0 aromatic heterocycles. The van der Waals surface area contributed by atoms with Crippen molar-refractivity contribution in [2.45, 2.75) is 39.3 Å². The second-order valence-electron chi connectivity index (χ2n) is 7.80. The minimum Gasteiger partial charge on any atom is -0.354 e. The van der Waals surface area contributed by atoms with Gasteiger partial charge in [0.1, 0.15) is 18.4 Å². The first kappa shape index (κ1) is 27.9. The molecule has 2 amide bonds. The highest BCUT2D eigenvalue weighted by Gasteiger charge is 2.30. The highest BCUT2D eigenvalue weighted by molar-refractivity contribution is 7.92. The van der Waals surface area contributed by atoms with Gasteiger partial charge in [-0.15, -0.1) is 0 Å². The number of unbranched alkanes of at least 4 members (excludes halogenated alkanes) is 1. The molecule has 0 bridgehead atoms. The Morgan fingerprint density at radius 3 is 2.38 bits per heavy atom. The van der Waals surface area contributed by atoms with E-state index in [2.05, 4.69) is 5.32 Å².